The van der Waals surface area contributed by atoms with Gasteiger partial charge < -0.3 is 4.74 Å². The van der Waals surface area contributed by atoms with E-state index in [4.69, 9.17) is 4.74 Å². The zero-order valence-electron chi connectivity index (χ0n) is 15.6. The number of fused-ring (bicyclic) bond motifs is 1. The number of hydrogen-bond donors (Lipinski definition) is 0. The van der Waals surface area contributed by atoms with Crippen molar-refractivity contribution in [3.8, 4) is 17.4 Å². The largest absolute Gasteiger partial charge is 0.425 e. The summed E-state index contributed by atoms with van der Waals surface area (Å²) in [4.78, 5) is 28.0. The van der Waals surface area contributed by atoms with Gasteiger partial charge in [0.05, 0.1) is 16.7 Å². The fourth-order valence-electron chi connectivity index (χ4n) is 2.90. The Morgan fingerprint density at radius 2 is 1.86 bits per heavy atom. The normalized spacial score (nSPS) is 11.1. The quantitative estimate of drug-likeness (QED) is 0.378. The molecular formula is C19H16N6O4. The van der Waals surface area contributed by atoms with E-state index in [0.29, 0.717) is 5.69 Å². The molecule has 4 rings (SSSR count). The van der Waals surface area contributed by atoms with Gasteiger partial charge in [-0.3, -0.25) is 19.5 Å². The summed E-state index contributed by atoms with van der Waals surface area (Å²) in [5.41, 5.74) is 0.489. The lowest BCUT2D eigenvalue weighted by atomic mass is 10.3. The number of benzene rings is 2. The van der Waals surface area contributed by atoms with Crippen molar-refractivity contribution in [2.45, 2.75) is 19.9 Å². The van der Waals surface area contributed by atoms with Crippen LogP contribution in [0.25, 0.3) is 16.9 Å². The van der Waals surface area contributed by atoms with Crippen LogP contribution in [-0.4, -0.2) is 29.5 Å². The molecule has 0 bridgehead atoms. The Kier molecular flexibility index (Phi) is 4.51. The molecule has 0 fully saturated rings. The third-order valence-corrected chi connectivity index (χ3v) is 4.23. The predicted octanol–water partition coefficient (Wildman–Crippen LogP) is 3.26. The molecule has 0 N–H and O–H groups in total. The first kappa shape index (κ1) is 18.3. The Morgan fingerprint density at radius 3 is 2.55 bits per heavy atom. The molecule has 0 aliphatic carbocycles. The Labute approximate surface area is 164 Å². The van der Waals surface area contributed by atoms with Crippen molar-refractivity contribution in [1.29, 1.82) is 0 Å². The lowest BCUT2D eigenvalue weighted by molar-refractivity contribution is -0.384. The van der Waals surface area contributed by atoms with Gasteiger partial charge in [0.2, 0.25) is 0 Å². The number of nitro benzene ring substituents is 1. The van der Waals surface area contributed by atoms with Gasteiger partial charge in [-0.2, -0.15) is 9.67 Å². The number of non-ortho nitro benzene ring substituents is 1. The van der Waals surface area contributed by atoms with E-state index in [1.54, 1.807) is 19.9 Å². The molecule has 29 heavy (non-hydrogen) atoms. The van der Waals surface area contributed by atoms with E-state index in [1.165, 1.54) is 27.4 Å². The van der Waals surface area contributed by atoms with Crippen LogP contribution in [0.1, 0.15) is 19.9 Å². The minimum absolute atomic E-state index is 0.00233. The average Bonchev–Trinajstić information content (AvgIpc) is 3.13. The standard InChI is InChI=1S/C19H16N6O4/c1-12(2)23-18(26)16-17(24(22-21-16)13-7-4-3-5-8-13)20-19(23)29-15-10-6-9-14(11-15)25(27)28/h3-12H,1-2H3. The number of hydrogen-bond acceptors (Lipinski definition) is 7. The molecule has 2 heterocycles. The van der Waals surface area contributed by atoms with Gasteiger partial charge in [0.1, 0.15) is 5.75 Å². The van der Waals surface area contributed by atoms with Crippen molar-refractivity contribution in [2.24, 2.45) is 0 Å². The van der Waals surface area contributed by atoms with Crippen molar-refractivity contribution < 1.29 is 9.66 Å². The monoisotopic (exact) mass is 392 g/mol. The highest BCUT2D eigenvalue weighted by Crippen LogP contribution is 2.26. The highest BCUT2D eigenvalue weighted by Gasteiger charge is 2.21. The number of aromatic nitrogens is 5. The summed E-state index contributed by atoms with van der Waals surface area (Å²) in [5, 5.41) is 19.1. The first-order valence-corrected chi connectivity index (χ1v) is 8.81. The highest BCUT2D eigenvalue weighted by atomic mass is 16.6. The van der Waals surface area contributed by atoms with Gasteiger partial charge in [-0.05, 0) is 32.0 Å². The van der Waals surface area contributed by atoms with Crippen LogP contribution in [0.3, 0.4) is 0 Å². The Morgan fingerprint density at radius 1 is 1.10 bits per heavy atom. The van der Waals surface area contributed by atoms with Crippen molar-refractivity contribution in [1.82, 2.24) is 24.5 Å². The Bertz CT molecular complexity index is 1260. The van der Waals surface area contributed by atoms with Crippen LogP contribution in [0.2, 0.25) is 0 Å². The van der Waals surface area contributed by atoms with Crippen LogP contribution < -0.4 is 10.3 Å². The van der Waals surface area contributed by atoms with Crippen LogP contribution in [0.5, 0.6) is 11.8 Å². The molecule has 0 amide bonds. The van der Waals surface area contributed by atoms with Crippen molar-refractivity contribution in [3.63, 3.8) is 0 Å². The fraction of sp³-hybridized carbons (Fsp3) is 0.158. The molecule has 146 valence electrons. The van der Waals surface area contributed by atoms with E-state index in [-0.39, 0.29) is 34.7 Å². The van der Waals surface area contributed by atoms with Crippen LogP contribution in [-0.2, 0) is 0 Å². The summed E-state index contributed by atoms with van der Waals surface area (Å²) in [6.07, 6.45) is 0. The van der Waals surface area contributed by atoms with Gasteiger partial charge in [0, 0.05) is 12.1 Å². The molecule has 0 saturated heterocycles. The minimum Gasteiger partial charge on any atom is -0.425 e. The number of para-hydroxylation sites is 1. The maximum atomic E-state index is 13.0. The van der Waals surface area contributed by atoms with Crippen molar-refractivity contribution in [3.05, 3.63) is 75.1 Å². The van der Waals surface area contributed by atoms with Crippen molar-refractivity contribution in [2.75, 3.05) is 0 Å². The van der Waals surface area contributed by atoms with E-state index >= 15 is 0 Å². The van der Waals surface area contributed by atoms with Crippen LogP contribution >= 0.6 is 0 Å². The number of nitrogens with zero attached hydrogens (tertiary/aromatic N) is 6. The van der Waals surface area contributed by atoms with Crippen LogP contribution in [0, 0.1) is 10.1 Å². The maximum Gasteiger partial charge on any atom is 0.307 e. The molecule has 0 radical (unpaired) electrons. The predicted molar refractivity (Wildman–Crippen MR) is 104 cm³/mol. The molecule has 4 aromatic rings. The molecule has 0 unspecified atom stereocenters. The number of rotatable bonds is 5. The second-order valence-corrected chi connectivity index (χ2v) is 6.53. The van der Waals surface area contributed by atoms with E-state index < -0.39 is 10.5 Å². The maximum absolute atomic E-state index is 13.0. The zero-order chi connectivity index (χ0) is 20.5. The summed E-state index contributed by atoms with van der Waals surface area (Å²) in [6, 6.07) is 14.5. The Hall–Kier alpha value is -4.08. The summed E-state index contributed by atoms with van der Waals surface area (Å²) in [5.74, 6) is 0.193. The molecule has 0 aliphatic heterocycles. The summed E-state index contributed by atoms with van der Waals surface area (Å²) < 4.78 is 8.57. The summed E-state index contributed by atoms with van der Waals surface area (Å²) in [6.45, 7) is 3.60. The van der Waals surface area contributed by atoms with E-state index in [2.05, 4.69) is 15.3 Å². The van der Waals surface area contributed by atoms with Crippen LogP contribution in [0.15, 0.2) is 59.4 Å². The minimum atomic E-state index is -0.520. The molecule has 10 heteroatoms. The van der Waals surface area contributed by atoms with E-state index in [1.807, 2.05) is 30.3 Å². The van der Waals surface area contributed by atoms with E-state index in [9.17, 15) is 14.9 Å². The Balaban J connectivity index is 1.90. The average molecular weight is 392 g/mol. The number of nitro groups is 1. The molecule has 2 aromatic heterocycles. The SMILES string of the molecule is CC(C)n1c(Oc2cccc([N+](=O)[O-])c2)nc2c(nnn2-c2ccccc2)c1=O. The van der Waals surface area contributed by atoms with E-state index in [0.717, 1.165) is 0 Å². The topological polar surface area (TPSA) is 118 Å². The smallest absolute Gasteiger partial charge is 0.307 e. The van der Waals surface area contributed by atoms with Gasteiger partial charge in [-0.15, -0.1) is 5.10 Å². The molecule has 0 spiro atoms. The van der Waals surface area contributed by atoms with Gasteiger partial charge in [-0.25, -0.2) is 0 Å². The molecule has 10 nitrogen and oxygen atoms in total. The summed E-state index contributed by atoms with van der Waals surface area (Å²) >= 11 is 0. The zero-order valence-corrected chi connectivity index (χ0v) is 15.6. The second kappa shape index (κ2) is 7.15. The first-order valence-electron chi connectivity index (χ1n) is 8.81. The first-order chi connectivity index (χ1) is 14.0. The molecule has 0 saturated carbocycles. The number of ether oxygens (including phenoxy) is 1. The lowest BCUT2D eigenvalue weighted by Gasteiger charge is -2.15. The fourth-order valence-corrected chi connectivity index (χ4v) is 2.90. The lowest BCUT2D eigenvalue weighted by Crippen LogP contribution is -2.25. The van der Waals surface area contributed by atoms with Gasteiger partial charge in [0.15, 0.2) is 11.2 Å². The third-order valence-electron chi connectivity index (χ3n) is 4.23. The second-order valence-electron chi connectivity index (χ2n) is 6.53. The molecule has 0 atom stereocenters. The van der Waals surface area contributed by atoms with Gasteiger partial charge >= 0.3 is 6.01 Å². The molecule has 2 aromatic carbocycles. The highest BCUT2D eigenvalue weighted by molar-refractivity contribution is 5.71. The van der Waals surface area contributed by atoms with Gasteiger partial charge in [-0.1, -0.05) is 29.5 Å². The van der Waals surface area contributed by atoms with Crippen LogP contribution in [0.4, 0.5) is 5.69 Å². The molecule has 0 aliphatic rings. The third kappa shape index (κ3) is 3.31. The van der Waals surface area contributed by atoms with Gasteiger partial charge in [0.25, 0.3) is 11.2 Å². The van der Waals surface area contributed by atoms with Crippen molar-refractivity contribution >= 4 is 16.9 Å². The summed E-state index contributed by atoms with van der Waals surface area (Å²) in [7, 11) is 0. The molecular weight excluding hydrogens is 376 g/mol.